The maximum atomic E-state index is 12.7. The van der Waals surface area contributed by atoms with Gasteiger partial charge in [0.05, 0.1) is 13.1 Å². The number of carboxylic acids is 1. The minimum Gasteiger partial charge on any atom is -0.480 e. The number of carboxylic acid groups (broad SMARTS) is 1. The number of aliphatic carboxylic acids is 1. The second kappa shape index (κ2) is 7.86. The average Bonchev–Trinajstić information content (AvgIpc) is 3.07. The lowest BCUT2D eigenvalue weighted by atomic mass is 9.85. The van der Waals surface area contributed by atoms with Crippen LogP contribution in [-0.4, -0.2) is 51.6 Å². The summed E-state index contributed by atoms with van der Waals surface area (Å²) in [5, 5.41) is 14.3. The van der Waals surface area contributed by atoms with Crippen LogP contribution in [0, 0.1) is 5.92 Å². The Morgan fingerprint density at radius 2 is 2.07 bits per heavy atom. The van der Waals surface area contributed by atoms with Gasteiger partial charge in [0, 0.05) is 29.7 Å². The number of nitrogens with zero attached hydrogens (tertiary/aromatic N) is 2. The molecule has 2 heterocycles. The minimum absolute atomic E-state index is 0.0491. The van der Waals surface area contributed by atoms with Gasteiger partial charge in [-0.05, 0) is 55.2 Å². The molecule has 2 aliphatic rings. The summed E-state index contributed by atoms with van der Waals surface area (Å²) in [5.74, 6) is -0.153. The van der Waals surface area contributed by atoms with E-state index < -0.39 is 5.97 Å². The van der Waals surface area contributed by atoms with Crippen LogP contribution >= 0.6 is 11.3 Å². The molecule has 4 rings (SSSR count). The SMILES string of the molecule is O=C(O)CN(CC1CC1)C1CC(NC(=O)c2cccn2Cc2cccs2)C1. The highest BCUT2D eigenvalue weighted by Gasteiger charge is 2.38. The van der Waals surface area contributed by atoms with Gasteiger partial charge in [-0.25, -0.2) is 0 Å². The molecule has 0 radical (unpaired) electrons. The van der Waals surface area contributed by atoms with Crippen LogP contribution in [0.5, 0.6) is 0 Å². The molecule has 2 aliphatic carbocycles. The Labute approximate surface area is 162 Å². The Morgan fingerprint density at radius 1 is 1.26 bits per heavy atom. The van der Waals surface area contributed by atoms with Crippen molar-refractivity contribution in [2.75, 3.05) is 13.1 Å². The third-order valence-corrected chi connectivity index (χ3v) is 6.32. The number of rotatable bonds is 9. The van der Waals surface area contributed by atoms with E-state index in [4.69, 9.17) is 5.11 Å². The molecule has 0 aliphatic heterocycles. The molecule has 0 aromatic carbocycles. The van der Waals surface area contributed by atoms with Crippen molar-refractivity contribution >= 4 is 23.2 Å². The second-order valence-corrected chi connectivity index (χ2v) is 8.70. The summed E-state index contributed by atoms with van der Waals surface area (Å²) < 4.78 is 1.97. The van der Waals surface area contributed by atoms with Gasteiger partial charge < -0.3 is 15.0 Å². The van der Waals surface area contributed by atoms with Crippen LogP contribution in [0.3, 0.4) is 0 Å². The van der Waals surface area contributed by atoms with Crippen molar-refractivity contribution < 1.29 is 14.7 Å². The molecule has 2 saturated carbocycles. The van der Waals surface area contributed by atoms with Crippen molar-refractivity contribution in [2.45, 2.75) is 44.3 Å². The van der Waals surface area contributed by atoms with E-state index >= 15 is 0 Å². The quantitative estimate of drug-likeness (QED) is 0.694. The summed E-state index contributed by atoms with van der Waals surface area (Å²) in [7, 11) is 0. The van der Waals surface area contributed by atoms with E-state index in [-0.39, 0.29) is 24.5 Å². The van der Waals surface area contributed by atoms with E-state index in [0.29, 0.717) is 18.2 Å². The number of thiophene rings is 1. The normalized spacial score (nSPS) is 21.8. The third-order valence-electron chi connectivity index (χ3n) is 5.46. The van der Waals surface area contributed by atoms with Crippen molar-refractivity contribution in [2.24, 2.45) is 5.92 Å². The Hall–Kier alpha value is -2.12. The van der Waals surface area contributed by atoms with Crippen molar-refractivity contribution in [3.63, 3.8) is 0 Å². The molecule has 2 aromatic rings. The van der Waals surface area contributed by atoms with Gasteiger partial charge in [0.2, 0.25) is 0 Å². The lowest BCUT2D eigenvalue weighted by Crippen LogP contribution is -2.55. The first kappa shape index (κ1) is 18.3. The van der Waals surface area contributed by atoms with Gasteiger partial charge in [-0.3, -0.25) is 14.5 Å². The molecular weight excluding hydrogens is 362 g/mol. The van der Waals surface area contributed by atoms with Gasteiger partial charge in [0.1, 0.15) is 5.69 Å². The summed E-state index contributed by atoms with van der Waals surface area (Å²) in [6, 6.07) is 8.23. The van der Waals surface area contributed by atoms with E-state index in [1.807, 2.05) is 34.3 Å². The Kier molecular flexibility index (Phi) is 5.31. The van der Waals surface area contributed by atoms with Crippen molar-refractivity contribution in [1.29, 1.82) is 0 Å². The maximum Gasteiger partial charge on any atom is 0.317 e. The van der Waals surface area contributed by atoms with Gasteiger partial charge >= 0.3 is 5.97 Å². The Morgan fingerprint density at radius 3 is 2.74 bits per heavy atom. The summed E-state index contributed by atoms with van der Waals surface area (Å²) in [6.07, 6.45) is 6.02. The molecule has 144 valence electrons. The smallest absolute Gasteiger partial charge is 0.317 e. The lowest BCUT2D eigenvalue weighted by Gasteiger charge is -2.42. The molecule has 7 heteroatoms. The number of hydrogen-bond donors (Lipinski definition) is 2. The molecule has 0 atom stereocenters. The number of amides is 1. The van der Waals surface area contributed by atoms with Gasteiger partial charge in [0.15, 0.2) is 0 Å². The fourth-order valence-electron chi connectivity index (χ4n) is 3.74. The predicted octanol–water partition coefficient (Wildman–Crippen LogP) is 2.66. The van der Waals surface area contributed by atoms with Crippen LogP contribution in [0.15, 0.2) is 35.8 Å². The molecular formula is C20H25N3O3S. The van der Waals surface area contributed by atoms with E-state index in [1.54, 1.807) is 11.3 Å². The fraction of sp³-hybridized carbons (Fsp3) is 0.500. The molecule has 2 N–H and O–H groups in total. The number of aromatic nitrogens is 1. The van der Waals surface area contributed by atoms with E-state index in [1.165, 1.54) is 17.7 Å². The zero-order valence-corrected chi connectivity index (χ0v) is 16.0. The van der Waals surface area contributed by atoms with Crippen LogP contribution in [-0.2, 0) is 11.3 Å². The maximum absolute atomic E-state index is 12.7. The summed E-state index contributed by atoms with van der Waals surface area (Å²) in [6.45, 7) is 1.68. The van der Waals surface area contributed by atoms with Gasteiger partial charge in [-0.1, -0.05) is 6.07 Å². The van der Waals surface area contributed by atoms with Crippen LogP contribution < -0.4 is 5.32 Å². The molecule has 6 nitrogen and oxygen atoms in total. The van der Waals surface area contributed by atoms with Crippen molar-refractivity contribution in [1.82, 2.24) is 14.8 Å². The van der Waals surface area contributed by atoms with Crippen LogP contribution in [0.25, 0.3) is 0 Å². The molecule has 0 bridgehead atoms. The van der Waals surface area contributed by atoms with Gasteiger partial charge in [-0.15, -0.1) is 11.3 Å². The topological polar surface area (TPSA) is 74.6 Å². The molecule has 1 amide bonds. The summed E-state index contributed by atoms with van der Waals surface area (Å²) in [5.41, 5.74) is 0.673. The zero-order chi connectivity index (χ0) is 18.8. The zero-order valence-electron chi connectivity index (χ0n) is 15.2. The standard InChI is InChI=1S/C20H25N3O3S/c24-19(25)13-23(11-14-5-6-14)16-9-15(10-16)21-20(26)18-4-1-7-22(18)12-17-3-2-8-27-17/h1-4,7-8,14-16H,5-6,9-13H2,(H,21,26)(H,24,25). The van der Waals surface area contributed by atoms with Crippen LogP contribution in [0.4, 0.5) is 0 Å². The first-order valence-corrected chi connectivity index (χ1v) is 10.4. The van der Waals surface area contributed by atoms with Gasteiger partial charge in [-0.2, -0.15) is 0 Å². The van der Waals surface area contributed by atoms with Gasteiger partial charge in [0.25, 0.3) is 5.91 Å². The van der Waals surface area contributed by atoms with Crippen LogP contribution in [0.2, 0.25) is 0 Å². The highest BCUT2D eigenvalue weighted by Crippen LogP contribution is 2.33. The summed E-state index contributed by atoms with van der Waals surface area (Å²) >= 11 is 1.68. The second-order valence-electron chi connectivity index (χ2n) is 7.66. The summed E-state index contributed by atoms with van der Waals surface area (Å²) in [4.78, 5) is 27.1. The van der Waals surface area contributed by atoms with E-state index in [9.17, 15) is 9.59 Å². The van der Waals surface area contributed by atoms with Crippen molar-refractivity contribution in [3.05, 3.63) is 46.4 Å². The molecule has 2 fully saturated rings. The van der Waals surface area contributed by atoms with E-state index in [0.717, 1.165) is 19.4 Å². The molecule has 0 unspecified atom stereocenters. The third kappa shape index (κ3) is 4.59. The van der Waals surface area contributed by atoms with Crippen LogP contribution in [0.1, 0.15) is 41.0 Å². The van der Waals surface area contributed by atoms with E-state index in [2.05, 4.69) is 16.3 Å². The molecule has 0 spiro atoms. The molecule has 2 aromatic heterocycles. The Balaban J connectivity index is 1.30. The Bertz CT molecular complexity index is 791. The number of hydrogen-bond acceptors (Lipinski definition) is 4. The molecule has 27 heavy (non-hydrogen) atoms. The first-order valence-electron chi connectivity index (χ1n) is 9.52. The fourth-order valence-corrected chi connectivity index (χ4v) is 4.44. The number of nitrogens with one attached hydrogen (secondary N) is 1. The molecule has 0 saturated heterocycles. The largest absolute Gasteiger partial charge is 0.480 e. The monoisotopic (exact) mass is 387 g/mol. The predicted molar refractivity (Wildman–Crippen MR) is 104 cm³/mol. The first-order chi connectivity index (χ1) is 13.1. The lowest BCUT2D eigenvalue weighted by molar-refractivity contribution is -0.139. The van der Waals surface area contributed by atoms with Crippen molar-refractivity contribution in [3.8, 4) is 0 Å². The number of carbonyl (C=O) groups excluding carboxylic acids is 1. The minimum atomic E-state index is -0.769. The number of carbonyl (C=O) groups is 2. The highest BCUT2D eigenvalue weighted by molar-refractivity contribution is 7.09. The average molecular weight is 388 g/mol. The highest BCUT2D eigenvalue weighted by atomic mass is 32.1.